The van der Waals surface area contributed by atoms with Gasteiger partial charge in [0, 0.05) is 13.0 Å². The van der Waals surface area contributed by atoms with E-state index in [4.69, 9.17) is 11.6 Å². The lowest BCUT2D eigenvalue weighted by atomic mass is 10.1. The van der Waals surface area contributed by atoms with Crippen molar-refractivity contribution in [3.8, 4) is 0 Å². The number of benzene rings is 1. The van der Waals surface area contributed by atoms with Crippen LogP contribution in [-0.4, -0.2) is 24.2 Å². The average Bonchev–Trinajstić information content (AvgIpc) is 2.39. The number of carbonyl (C=O) groups excluding carboxylic acids is 2. The van der Waals surface area contributed by atoms with Crippen LogP contribution >= 0.6 is 11.6 Å². The summed E-state index contributed by atoms with van der Waals surface area (Å²) >= 11 is 5.32. The molecule has 0 aliphatic carbocycles. The summed E-state index contributed by atoms with van der Waals surface area (Å²) in [5.74, 6) is -0.441. The Labute approximate surface area is 112 Å². The van der Waals surface area contributed by atoms with Gasteiger partial charge in [-0.05, 0) is 12.5 Å². The number of rotatable bonds is 6. The van der Waals surface area contributed by atoms with Gasteiger partial charge < -0.3 is 10.6 Å². The number of carbonyl (C=O) groups is 2. The van der Waals surface area contributed by atoms with E-state index < -0.39 is 0 Å². The monoisotopic (exact) mass is 268 g/mol. The average molecular weight is 269 g/mol. The molecule has 0 saturated heterocycles. The smallest absolute Gasteiger partial charge is 0.234 e. The maximum absolute atomic E-state index is 11.6. The van der Waals surface area contributed by atoms with Gasteiger partial charge in [0.25, 0.3) is 0 Å². The van der Waals surface area contributed by atoms with E-state index in [9.17, 15) is 9.59 Å². The van der Waals surface area contributed by atoms with E-state index >= 15 is 0 Å². The molecular formula is C13H17ClN2O2. The fourth-order valence-corrected chi connectivity index (χ4v) is 1.60. The molecule has 0 aliphatic heterocycles. The molecule has 2 amide bonds. The molecular weight excluding hydrogens is 252 g/mol. The second kappa shape index (κ2) is 7.71. The second-order valence-corrected chi connectivity index (χ2v) is 4.20. The molecule has 0 aliphatic rings. The van der Waals surface area contributed by atoms with Gasteiger partial charge in [0.05, 0.1) is 6.04 Å². The maximum Gasteiger partial charge on any atom is 0.234 e. The molecule has 0 saturated carbocycles. The highest BCUT2D eigenvalue weighted by atomic mass is 35.5. The van der Waals surface area contributed by atoms with Crippen LogP contribution in [-0.2, 0) is 9.59 Å². The molecule has 1 atom stereocenters. The number of hydrogen-bond donors (Lipinski definition) is 2. The van der Waals surface area contributed by atoms with Crippen molar-refractivity contribution >= 4 is 23.4 Å². The van der Waals surface area contributed by atoms with E-state index in [2.05, 4.69) is 10.6 Å². The summed E-state index contributed by atoms with van der Waals surface area (Å²) < 4.78 is 0. The lowest BCUT2D eigenvalue weighted by molar-refractivity contribution is -0.122. The van der Waals surface area contributed by atoms with Crippen molar-refractivity contribution in [1.82, 2.24) is 10.6 Å². The summed E-state index contributed by atoms with van der Waals surface area (Å²) in [6, 6.07) is 9.67. The van der Waals surface area contributed by atoms with E-state index in [1.807, 2.05) is 37.3 Å². The molecule has 0 bridgehead atoms. The number of nitrogens with one attached hydrogen (secondary N) is 2. The van der Waals surface area contributed by atoms with Gasteiger partial charge in [0.15, 0.2) is 0 Å². The minimum absolute atomic E-state index is 0.0394. The lowest BCUT2D eigenvalue weighted by Gasteiger charge is -2.14. The normalized spacial score (nSPS) is 11.7. The van der Waals surface area contributed by atoms with Crippen LogP contribution in [0.4, 0.5) is 0 Å². The molecule has 0 fully saturated rings. The van der Waals surface area contributed by atoms with Crippen LogP contribution in [0.25, 0.3) is 0 Å². The minimum atomic E-state index is -0.263. The van der Waals surface area contributed by atoms with Crippen LogP contribution in [0, 0.1) is 0 Å². The van der Waals surface area contributed by atoms with E-state index in [0.29, 0.717) is 6.54 Å². The molecule has 0 aromatic heterocycles. The molecule has 2 N–H and O–H groups in total. The van der Waals surface area contributed by atoms with Gasteiger partial charge in [-0.25, -0.2) is 0 Å². The Bertz CT molecular complexity index is 395. The van der Waals surface area contributed by atoms with Gasteiger partial charge in [-0.3, -0.25) is 9.59 Å². The van der Waals surface area contributed by atoms with Crippen LogP contribution in [0.1, 0.15) is 24.9 Å². The van der Waals surface area contributed by atoms with Crippen molar-refractivity contribution in [3.63, 3.8) is 0 Å². The molecule has 0 heterocycles. The molecule has 5 heteroatoms. The van der Waals surface area contributed by atoms with Crippen molar-refractivity contribution in [2.75, 3.05) is 12.4 Å². The molecule has 1 rings (SSSR count). The van der Waals surface area contributed by atoms with Crippen molar-refractivity contribution in [2.24, 2.45) is 0 Å². The molecule has 1 unspecified atom stereocenters. The van der Waals surface area contributed by atoms with Gasteiger partial charge in [0.2, 0.25) is 11.8 Å². The van der Waals surface area contributed by atoms with E-state index in [0.717, 1.165) is 5.56 Å². The van der Waals surface area contributed by atoms with Crippen LogP contribution in [0.15, 0.2) is 30.3 Å². The third-order valence-corrected chi connectivity index (χ3v) is 2.72. The molecule has 1 aromatic rings. The standard InChI is InChI=1S/C13H17ClN2O2/c1-10(11-5-3-2-4-6-11)16-12(17)7-8-15-13(18)9-14/h2-6,10H,7-9H2,1H3,(H,15,18)(H,16,17). The van der Waals surface area contributed by atoms with Gasteiger partial charge in [0.1, 0.15) is 5.88 Å². The fraction of sp³-hybridized carbons (Fsp3) is 0.385. The lowest BCUT2D eigenvalue weighted by Crippen LogP contribution is -2.32. The van der Waals surface area contributed by atoms with E-state index in [1.165, 1.54) is 0 Å². The van der Waals surface area contributed by atoms with E-state index in [1.54, 1.807) is 0 Å². The summed E-state index contributed by atoms with van der Waals surface area (Å²) in [4.78, 5) is 22.5. The van der Waals surface area contributed by atoms with Crippen LogP contribution in [0.2, 0.25) is 0 Å². The first-order chi connectivity index (χ1) is 8.63. The summed E-state index contributed by atoms with van der Waals surface area (Å²) in [6.45, 7) is 2.23. The van der Waals surface area contributed by atoms with Crippen molar-refractivity contribution in [1.29, 1.82) is 0 Å². The first-order valence-corrected chi connectivity index (χ1v) is 6.34. The number of halogens is 1. The molecule has 4 nitrogen and oxygen atoms in total. The maximum atomic E-state index is 11.6. The second-order valence-electron chi connectivity index (χ2n) is 3.93. The molecule has 0 radical (unpaired) electrons. The zero-order chi connectivity index (χ0) is 13.4. The Kier molecular flexibility index (Phi) is 6.22. The summed E-state index contributed by atoms with van der Waals surface area (Å²) in [5.41, 5.74) is 1.05. The highest BCUT2D eigenvalue weighted by Gasteiger charge is 2.09. The quantitative estimate of drug-likeness (QED) is 0.770. The summed E-state index contributed by atoms with van der Waals surface area (Å²) in [7, 11) is 0. The van der Waals surface area contributed by atoms with Gasteiger partial charge in [-0.1, -0.05) is 30.3 Å². The van der Waals surface area contributed by atoms with Gasteiger partial charge >= 0.3 is 0 Å². The summed E-state index contributed by atoms with van der Waals surface area (Å²) in [5, 5.41) is 5.41. The Morgan fingerprint density at radius 3 is 2.50 bits per heavy atom. The summed E-state index contributed by atoms with van der Waals surface area (Å²) in [6.07, 6.45) is 0.250. The predicted molar refractivity (Wildman–Crippen MR) is 71.3 cm³/mol. The van der Waals surface area contributed by atoms with Gasteiger partial charge in [-0.2, -0.15) is 0 Å². The van der Waals surface area contributed by atoms with Crippen molar-refractivity contribution in [3.05, 3.63) is 35.9 Å². The SMILES string of the molecule is CC(NC(=O)CCNC(=O)CCl)c1ccccc1. The molecule has 98 valence electrons. The minimum Gasteiger partial charge on any atom is -0.355 e. The molecule has 18 heavy (non-hydrogen) atoms. The zero-order valence-corrected chi connectivity index (χ0v) is 11.0. The highest BCUT2D eigenvalue weighted by molar-refractivity contribution is 6.27. The first kappa shape index (κ1) is 14.5. The van der Waals surface area contributed by atoms with Crippen molar-refractivity contribution < 1.29 is 9.59 Å². The predicted octanol–water partition coefficient (Wildman–Crippen LogP) is 1.61. The molecule has 1 aromatic carbocycles. The van der Waals surface area contributed by atoms with Crippen LogP contribution < -0.4 is 10.6 Å². The van der Waals surface area contributed by atoms with Crippen molar-refractivity contribution in [2.45, 2.75) is 19.4 Å². The molecule has 0 spiro atoms. The van der Waals surface area contributed by atoms with Crippen LogP contribution in [0.3, 0.4) is 0 Å². The Balaban J connectivity index is 2.30. The Morgan fingerprint density at radius 1 is 1.22 bits per heavy atom. The number of alkyl halides is 1. The van der Waals surface area contributed by atoms with Crippen LogP contribution in [0.5, 0.6) is 0 Å². The largest absolute Gasteiger partial charge is 0.355 e. The third kappa shape index (κ3) is 5.19. The Morgan fingerprint density at radius 2 is 1.89 bits per heavy atom. The third-order valence-electron chi connectivity index (χ3n) is 2.47. The fourth-order valence-electron chi connectivity index (χ4n) is 1.50. The van der Waals surface area contributed by atoms with Gasteiger partial charge in [-0.15, -0.1) is 11.6 Å². The van der Waals surface area contributed by atoms with E-state index in [-0.39, 0.29) is 30.2 Å². The number of amides is 2. The topological polar surface area (TPSA) is 58.2 Å². The Hall–Kier alpha value is -1.55. The number of hydrogen-bond acceptors (Lipinski definition) is 2. The first-order valence-electron chi connectivity index (χ1n) is 5.80. The highest BCUT2D eigenvalue weighted by Crippen LogP contribution is 2.10. The zero-order valence-electron chi connectivity index (χ0n) is 10.3.